The van der Waals surface area contributed by atoms with Gasteiger partial charge >= 0.3 is 12.1 Å². The smallest absolute Gasteiger partial charge is 0.475 e. The molecule has 10 heteroatoms. The fourth-order valence-corrected chi connectivity index (χ4v) is 3.32. The molecule has 2 aliphatic carbocycles. The molecule has 1 aliphatic heterocycles. The molecule has 0 bridgehead atoms. The molecule has 0 saturated heterocycles. The maximum Gasteiger partial charge on any atom is 0.490 e. The van der Waals surface area contributed by atoms with Gasteiger partial charge in [0, 0.05) is 38.8 Å². The molecular weight excluding hydrogens is 377 g/mol. The number of aliphatic carboxylic acids is 1. The van der Waals surface area contributed by atoms with Crippen LogP contribution < -0.4 is 5.32 Å². The zero-order valence-corrected chi connectivity index (χ0v) is 15.5. The van der Waals surface area contributed by atoms with Crippen LogP contribution >= 0.6 is 0 Å². The normalized spacial score (nSPS) is 22.0. The van der Waals surface area contributed by atoms with Gasteiger partial charge < -0.3 is 15.0 Å². The molecule has 28 heavy (non-hydrogen) atoms. The Morgan fingerprint density at radius 2 is 1.86 bits per heavy atom. The summed E-state index contributed by atoms with van der Waals surface area (Å²) in [7, 11) is 0. The Morgan fingerprint density at radius 3 is 2.43 bits per heavy atom. The summed E-state index contributed by atoms with van der Waals surface area (Å²) in [5, 5.41) is 10.3. The predicted octanol–water partition coefficient (Wildman–Crippen LogP) is 2.20. The van der Waals surface area contributed by atoms with Crippen molar-refractivity contribution in [1.82, 2.24) is 19.8 Å². The van der Waals surface area contributed by atoms with Crippen molar-refractivity contribution in [1.29, 1.82) is 0 Å². The number of nitrogens with one attached hydrogen (secondary N) is 1. The summed E-state index contributed by atoms with van der Waals surface area (Å²) in [5.41, 5.74) is 1.28. The second-order valence-corrected chi connectivity index (χ2v) is 7.84. The number of aromatic nitrogens is 2. The first kappa shape index (κ1) is 20.6. The van der Waals surface area contributed by atoms with E-state index in [-0.39, 0.29) is 5.91 Å². The van der Waals surface area contributed by atoms with E-state index in [9.17, 15) is 18.0 Å². The van der Waals surface area contributed by atoms with Crippen LogP contribution in [0.3, 0.4) is 0 Å². The van der Waals surface area contributed by atoms with Gasteiger partial charge in [0.25, 0.3) is 0 Å². The van der Waals surface area contributed by atoms with Crippen molar-refractivity contribution in [2.75, 3.05) is 19.6 Å². The molecule has 0 aromatic carbocycles. The van der Waals surface area contributed by atoms with Crippen molar-refractivity contribution < 1.29 is 27.9 Å². The number of carboxylic acids is 1. The van der Waals surface area contributed by atoms with Crippen LogP contribution in [0.25, 0.3) is 0 Å². The van der Waals surface area contributed by atoms with Crippen molar-refractivity contribution >= 4 is 11.9 Å². The van der Waals surface area contributed by atoms with Gasteiger partial charge in [0.05, 0.1) is 18.1 Å². The van der Waals surface area contributed by atoms with Crippen molar-refractivity contribution in [2.45, 2.75) is 50.9 Å². The number of fused-ring (bicyclic) bond motifs is 1. The number of hydrogen-bond donors (Lipinski definition) is 2. The molecule has 1 aromatic heterocycles. The van der Waals surface area contributed by atoms with Gasteiger partial charge in [-0.15, -0.1) is 0 Å². The zero-order valence-electron chi connectivity index (χ0n) is 15.5. The van der Waals surface area contributed by atoms with E-state index in [0.717, 1.165) is 32.0 Å². The summed E-state index contributed by atoms with van der Waals surface area (Å²) in [4.78, 5) is 27.6. The van der Waals surface area contributed by atoms with Gasteiger partial charge in [-0.05, 0) is 37.5 Å². The number of rotatable bonds is 6. The molecule has 1 amide bonds. The Hall–Kier alpha value is -2.10. The minimum absolute atomic E-state index is 0.221. The standard InChI is InChI=1S/C16H24N4O.C2HF3O2/c21-16(5-12-1-2-12)18-7-15-10-19(8-13-3-4-13)9-14-6-17-11-20(14)15;3-2(4,5)1(6)7/h6,11-13,15H,1-5,7-10H2,(H,18,21);(H,6,7). The molecule has 4 rings (SSSR count). The zero-order chi connectivity index (χ0) is 20.3. The number of carboxylic acid groups (broad SMARTS) is 1. The maximum atomic E-state index is 11.9. The lowest BCUT2D eigenvalue weighted by Crippen LogP contribution is -2.43. The molecule has 2 fully saturated rings. The third kappa shape index (κ3) is 6.22. The third-order valence-corrected chi connectivity index (χ3v) is 5.16. The van der Waals surface area contributed by atoms with Gasteiger partial charge in [-0.1, -0.05) is 0 Å². The Kier molecular flexibility index (Phi) is 6.26. The first-order valence-electron chi connectivity index (χ1n) is 9.52. The summed E-state index contributed by atoms with van der Waals surface area (Å²) >= 11 is 0. The molecule has 1 atom stereocenters. The van der Waals surface area contributed by atoms with E-state index in [1.807, 2.05) is 12.5 Å². The summed E-state index contributed by atoms with van der Waals surface area (Å²) in [6.07, 6.45) is 4.77. The van der Waals surface area contributed by atoms with E-state index in [4.69, 9.17) is 9.90 Å². The van der Waals surface area contributed by atoms with Crippen molar-refractivity contribution in [3.8, 4) is 0 Å². The van der Waals surface area contributed by atoms with Crippen LogP contribution in [0.2, 0.25) is 0 Å². The van der Waals surface area contributed by atoms with Crippen molar-refractivity contribution in [2.24, 2.45) is 11.8 Å². The Labute approximate surface area is 160 Å². The molecule has 0 radical (unpaired) electrons. The van der Waals surface area contributed by atoms with Crippen LogP contribution in [0.5, 0.6) is 0 Å². The summed E-state index contributed by atoms with van der Waals surface area (Å²) in [6.45, 7) is 3.97. The van der Waals surface area contributed by atoms with E-state index in [1.165, 1.54) is 37.9 Å². The van der Waals surface area contributed by atoms with Crippen LogP contribution in [-0.4, -0.2) is 57.2 Å². The first-order valence-corrected chi connectivity index (χ1v) is 9.52. The van der Waals surface area contributed by atoms with Crippen LogP contribution in [-0.2, 0) is 16.1 Å². The van der Waals surface area contributed by atoms with E-state index in [0.29, 0.717) is 12.0 Å². The highest BCUT2D eigenvalue weighted by molar-refractivity contribution is 5.76. The summed E-state index contributed by atoms with van der Waals surface area (Å²) in [5.74, 6) is -0.970. The minimum atomic E-state index is -5.08. The highest BCUT2D eigenvalue weighted by Crippen LogP contribution is 2.33. The molecule has 156 valence electrons. The van der Waals surface area contributed by atoms with Crippen LogP contribution in [0.4, 0.5) is 13.2 Å². The van der Waals surface area contributed by atoms with Crippen LogP contribution in [0.1, 0.15) is 43.8 Å². The molecule has 0 spiro atoms. The Balaban J connectivity index is 0.000000279. The second-order valence-electron chi connectivity index (χ2n) is 7.84. The monoisotopic (exact) mass is 402 g/mol. The predicted molar refractivity (Wildman–Crippen MR) is 93.3 cm³/mol. The van der Waals surface area contributed by atoms with E-state index < -0.39 is 12.1 Å². The highest BCUT2D eigenvalue weighted by atomic mass is 19.4. The van der Waals surface area contributed by atoms with E-state index in [1.54, 1.807) is 0 Å². The number of carbonyl (C=O) groups is 2. The molecule has 7 nitrogen and oxygen atoms in total. The van der Waals surface area contributed by atoms with Crippen molar-refractivity contribution in [3.05, 3.63) is 18.2 Å². The van der Waals surface area contributed by atoms with E-state index >= 15 is 0 Å². The van der Waals surface area contributed by atoms with Crippen molar-refractivity contribution in [3.63, 3.8) is 0 Å². The maximum absolute atomic E-state index is 11.9. The number of hydrogen-bond acceptors (Lipinski definition) is 4. The number of halogens is 3. The molecule has 2 saturated carbocycles. The van der Waals surface area contributed by atoms with Gasteiger partial charge in [0.1, 0.15) is 0 Å². The quantitative estimate of drug-likeness (QED) is 0.762. The molecular formula is C18H25F3N4O3. The Morgan fingerprint density at radius 1 is 1.21 bits per heavy atom. The lowest BCUT2D eigenvalue weighted by molar-refractivity contribution is -0.192. The van der Waals surface area contributed by atoms with Gasteiger partial charge in [-0.25, -0.2) is 9.78 Å². The van der Waals surface area contributed by atoms with Crippen LogP contribution in [0, 0.1) is 11.8 Å². The average molecular weight is 402 g/mol. The molecule has 2 N–H and O–H groups in total. The number of alkyl halides is 3. The highest BCUT2D eigenvalue weighted by Gasteiger charge is 2.38. The number of imidazole rings is 1. The van der Waals surface area contributed by atoms with Gasteiger partial charge in [0.2, 0.25) is 5.91 Å². The van der Waals surface area contributed by atoms with E-state index in [2.05, 4.69) is 19.8 Å². The topological polar surface area (TPSA) is 87.5 Å². The average Bonchev–Trinajstić information content (AvgIpc) is 3.53. The fraction of sp³-hybridized carbons (Fsp3) is 0.722. The SMILES string of the molecule is O=C(CC1CC1)NCC1CN(CC2CC2)Cc2cncn21.O=C(O)C(F)(F)F. The largest absolute Gasteiger partial charge is 0.490 e. The summed E-state index contributed by atoms with van der Waals surface area (Å²) in [6, 6.07) is 0.332. The molecule has 3 aliphatic rings. The lowest BCUT2D eigenvalue weighted by Gasteiger charge is -2.34. The molecule has 1 aromatic rings. The molecule has 1 unspecified atom stereocenters. The number of amides is 1. The van der Waals surface area contributed by atoms with Gasteiger partial charge in [-0.3, -0.25) is 9.69 Å². The van der Waals surface area contributed by atoms with Crippen LogP contribution in [0.15, 0.2) is 12.5 Å². The number of nitrogens with zero attached hydrogens (tertiary/aromatic N) is 3. The van der Waals surface area contributed by atoms with Gasteiger partial charge in [-0.2, -0.15) is 13.2 Å². The fourth-order valence-electron chi connectivity index (χ4n) is 3.32. The molecule has 2 heterocycles. The van der Waals surface area contributed by atoms with Gasteiger partial charge in [0.15, 0.2) is 0 Å². The Bertz CT molecular complexity index is 698. The first-order chi connectivity index (χ1) is 13.2. The number of carbonyl (C=O) groups excluding carboxylic acids is 1. The summed E-state index contributed by atoms with van der Waals surface area (Å²) < 4.78 is 34.0. The second kappa shape index (κ2) is 8.50. The third-order valence-electron chi connectivity index (χ3n) is 5.16. The minimum Gasteiger partial charge on any atom is -0.475 e. The lowest BCUT2D eigenvalue weighted by atomic mass is 10.1.